The van der Waals surface area contributed by atoms with Crippen molar-refractivity contribution in [2.24, 2.45) is 0 Å². The Morgan fingerprint density at radius 2 is 0.881 bits per heavy atom. The van der Waals surface area contributed by atoms with Crippen molar-refractivity contribution in [2.75, 3.05) is 19.0 Å². The Balaban J connectivity index is 1.62. The standard InChI is InChI=1S/C39H29NO2/c1-17-7-8-21-28(40(5)6)15-20(4)32-23-10-12-25-34-19(3)14-27-30(42)16-29(41)26-13-18(2)33(39(34)37(26)27)24-11-9-22(31(17)38(21)32)35(23)36(24)25/h7-15H,16H2,1-6H3. The lowest BCUT2D eigenvalue weighted by Gasteiger charge is -2.26. The first-order valence-electron chi connectivity index (χ1n) is 14.7. The maximum atomic E-state index is 13.1. The van der Waals surface area contributed by atoms with E-state index in [4.69, 9.17) is 0 Å². The van der Waals surface area contributed by atoms with E-state index in [2.05, 4.69) is 89.2 Å². The zero-order chi connectivity index (χ0) is 28.9. The molecule has 42 heavy (non-hydrogen) atoms. The number of aryl methyl sites for hydroxylation is 4. The fourth-order valence-corrected chi connectivity index (χ4v) is 8.50. The molecule has 8 aromatic rings. The molecule has 0 atom stereocenters. The second kappa shape index (κ2) is 7.54. The van der Waals surface area contributed by atoms with Gasteiger partial charge in [-0.25, -0.2) is 0 Å². The summed E-state index contributed by atoms with van der Waals surface area (Å²) in [7, 11) is 4.25. The van der Waals surface area contributed by atoms with Crippen molar-refractivity contribution in [1.29, 1.82) is 0 Å². The van der Waals surface area contributed by atoms with Gasteiger partial charge in [0.2, 0.25) is 0 Å². The van der Waals surface area contributed by atoms with E-state index < -0.39 is 0 Å². The molecule has 0 amide bonds. The van der Waals surface area contributed by atoms with Crippen molar-refractivity contribution in [3.05, 3.63) is 88.0 Å². The highest BCUT2D eigenvalue weighted by atomic mass is 16.1. The van der Waals surface area contributed by atoms with Crippen molar-refractivity contribution in [2.45, 2.75) is 34.1 Å². The normalized spacial score (nSPS) is 14.0. The van der Waals surface area contributed by atoms with Gasteiger partial charge in [0.25, 0.3) is 0 Å². The van der Waals surface area contributed by atoms with Crippen LogP contribution in [0.25, 0.3) is 75.4 Å². The van der Waals surface area contributed by atoms with Crippen LogP contribution in [0.2, 0.25) is 0 Å². The predicted molar refractivity (Wildman–Crippen MR) is 178 cm³/mol. The molecule has 0 aliphatic heterocycles. The molecule has 9 rings (SSSR count). The first-order valence-corrected chi connectivity index (χ1v) is 14.7. The van der Waals surface area contributed by atoms with Gasteiger partial charge in [-0.1, -0.05) is 36.4 Å². The third kappa shape index (κ3) is 2.59. The van der Waals surface area contributed by atoms with Gasteiger partial charge in [-0.2, -0.15) is 0 Å². The van der Waals surface area contributed by atoms with E-state index in [1.165, 1.54) is 70.7 Å². The van der Waals surface area contributed by atoms with E-state index in [9.17, 15) is 9.59 Å². The summed E-state index contributed by atoms with van der Waals surface area (Å²) in [5.41, 5.74) is 7.37. The number of rotatable bonds is 1. The van der Waals surface area contributed by atoms with Gasteiger partial charge < -0.3 is 4.90 Å². The van der Waals surface area contributed by atoms with Gasteiger partial charge in [-0.05, 0) is 133 Å². The topological polar surface area (TPSA) is 37.4 Å². The average Bonchev–Trinajstić information content (AvgIpc) is 2.95. The third-order valence-electron chi connectivity index (χ3n) is 10.1. The van der Waals surface area contributed by atoms with Gasteiger partial charge in [0.15, 0.2) is 11.6 Å². The number of Topliss-reactive ketones (excluding diaryl/α,β-unsaturated/α-hetero) is 2. The molecule has 1 aliphatic carbocycles. The molecule has 0 saturated heterocycles. The van der Waals surface area contributed by atoms with Crippen molar-refractivity contribution in [1.82, 2.24) is 0 Å². The summed E-state index contributed by atoms with van der Waals surface area (Å²) in [5, 5.41) is 17.0. The SMILES string of the molecule is Cc1ccc2c(N(C)C)cc(C)c3c4ccc5c6c(C)cc7c8c(cc(C)c(c9ccc(c1c23)c4c95)c86)C(=O)CC7=O. The van der Waals surface area contributed by atoms with Gasteiger partial charge in [-0.15, -0.1) is 0 Å². The van der Waals surface area contributed by atoms with Crippen molar-refractivity contribution in [3.63, 3.8) is 0 Å². The number of hydrogen-bond acceptors (Lipinski definition) is 3. The van der Waals surface area contributed by atoms with Crippen LogP contribution in [-0.2, 0) is 0 Å². The molecule has 0 bridgehead atoms. The molecule has 0 radical (unpaired) electrons. The summed E-state index contributed by atoms with van der Waals surface area (Å²) in [4.78, 5) is 28.5. The zero-order valence-corrected chi connectivity index (χ0v) is 24.7. The van der Waals surface area contributed by atoms with E-state index in [0.717, 1.165) is 32.7 Å². The molecule has 0 saturated carbocycles. The summed E-state index contributed by atoms with van der Waals surface area (Å²) in [6.45, 7) is 8.72. The van der Waals surface area contributed by atoms with Crippen LogP contribution in [0.3, 0.4) is 0 Å². The lowest BCUT2D eigenvalue weighted by Crippen LogP contribution is -2.17. The van der Waals surface area contributed by atoms with E-state index in [1.54, 1.807) is 0 Å². The van der Waals surface area contributed by atoms with Crippen molar-refractivity contribution in [3.8, 4) is 0 Å². The minimum absolute atomic E-state index is 0.0439. The Hall–Kier alpha value is -4.76. The monoisotopic (exact) mass is 543 g/mol. The zero-order valence-electron chi connectivity index (χ0n) is 24.7. The minimum Gasteiger partial charge on any atom is -0.377 e. The molecule has 0 spiro atoms. The molecule has 202 valence electrons. The highest BCUT2D eigenvalue weighted by molar-refractivity contribution is 6.45. The van der Waals surface area contributed by atoms with Crippen LogP contribution >= 0.6 is 0 Å². The number of fused-ring (bicyclic) bond motifs is 4. The lowest BCUT2D eigenvalue weighted by molar-refractivity contribution is 0.0890. The largest absolute Gasteiger partial charge is 0.377 e. The summed E-state index contributed by atoms with van der Waals surface area (Å²) in [6.07, 6.45) is -0.0439. The fraction of sp³-hybridized carbons (Fsp3) is 0.179. The molecule has 8 aromatic carbocycles. The smallest absolute Gasteiger partial charge is 0.171 e. The van der Waals surface area contributed by atoms with Gasteiger partial charge in [0, 0.05) is 41.7 Å². The molecule has 3 heteroatoms. The Morgan fingerprint density at radius 1 is 0.452 bits per heavy atom. The molecule has 0 aromatic heterocycles. The highest BCUT2D eigenvalue weighted by Gasteiger charge is 2.30. The summed E-state index contributed by atoms with van der Waals surface area (Å²) < 4.78 is 0. The van der Waals surface area contributed by atoms with Crippen LogP contribution in [0.4, 0.5) is 5.69 Å². The highest BCUT2D eigenvalue weighted by Crippen LogP contribution is 2.51. The van der Waals surface area contributed by atoms with Crippen LogP contribution in [0, 0.1) is 27.7 Å². The molecule has 0 unspecified atom stereocenters. The Bertz CT molecular complexity index is 2460. The summed E-state index contributed by atoms with van der Waals surface area (Å²) >= 11 is 0. The number of hydrogen-bond donors (Lipinski definition) is 0. The average molecular weight is 544 g/mol. The van der Waals surface area contributed by atoms with E-state index in [1.807, 2.05) is 12.1 Å². The van der Waals surface area contributed by atoms with Crippen LogP contribution in [0.15, 0.2) is 54.6 Å². The molecule has 3 nitrogen and oxygen atoms in total. The summed E-state index contributed by atoms with van der Waals surface area (Å²) in [6, 6.07) is 20.2. The van der Waals surface area contributed by atoms with Crippen LogP contribution in [0.5, 0.6) is 0 Å². The summed E-state index contributed by atoms with van der Waals surface area (Å²) in [5.74, 6) is -0.138. The second-order valence-corrected chi connectivity index (χ2v) is 12.7. The molecule has 0 fully saturated rings. The third-order valence-corrected chi connectivity index (χ3v) is 10.1. The fourth-order valence-electron chi connectivity index (χ4n) is 8.50. The number of anilines is 1. The minimum atomic E-state index is -0.0688. The number of ketones is 2. The van der Waals surface area contributed by atoms with E-state index >= 15 is 0 Å². The van der Waals surface area contributed by atoms with Gasteiger partial charge >= 0.3 is 0 Å². The van der Waals surface area contributed by atoms with Gasteiger partial charge in [-0.3, -0.25) is 9.59 Å². The molecule has 1 aliphatic rings. The predicted octanol–water partition coefficient (Wildman–Crippen LogP) is 9.70. The van der Waals surface area contributed by atoms with Crippen molar-refractivity contribution >= 4 is 92.7 Å². The van der Waals surface area contributed by atoms with Crippen LogP contribution < -0.4 is 4.90 Å². The quantitative estimate of drug-likeness (QED) is 0.117. The number of carbonyl (C=O) groups is 2. The second-order valence-electron chi connectivity index (χ2n) is 12.7. The first-order chi connectivity index (χ1) is 20.2. The maximum absolute atomic E-state index is 13.1. The van der Waals surface area contributed by atoms with Gasteiger partial charge in [0.1, 0.15) is 0 Å². The van der Waals surface area contributed by atoms with Crippen LogP contribution in [-0.4, -0.2) is 25.7 Å². The first kappa shape index (κ1) is 23.9. The maximum Gasteiger partial charge on any atom is 0.171 e. The molecule has 0 heterocycles. The van der Waals surface area contributed by atoms with E-state index in [-0.39, 0.29) is 18.0 Å². The number of benzene rings is 8. The Kier molecular flexibility index (Phi) is 4.29. The lowest BCUT2D eigenvalue weighted by atomic mass is 9.77. The molecular weight excluding hydrogens is 514 g/mol. The van der Waals surface area contributed by atoms with E-state index in [0.29, 0.717) is 11.1 Å². The Labute approximate surface area is 243 Å². The number of carbonyl (C=O) groups excluding carboxylic acids is 2. The Morgan fingerprint density at radius 3 is 1.38 bits per heavy atom. The molecule has 0 N–H and O–H groups in total. The van der Waals surface area contributed by atoms with Gasteiger partial charge in [0.05, 0.1) is 6.42 Å². The molecular formula is C39H29NO2. The van der Waals surface area contributed by atoms with Crippen molar-refractivity contribution < 1.29 is 9.59 Å². The van der Waals surface area contributed by atoms with Crippen LogP contribution in [0.1, 0.15) is 49.4 Å². The number of nitrogens with zero attached hydrogens (tertiary/aromatic N) is 1.